The van der Waals surface area contributed by atoms with E-state index in [-0.39, 0.29) is 25.0 Å². The molecule has 0 aliphatic heterocycles. The average molecular weight is 374 g/mol. The van der Waals surface area contributed by atoms with Crippen molar-refractivity contribution in [2.24, 2.45) is 11.8 Å². The summed E-state index contributed by atoms with van der Waals surface area (Å²) in [6.45, 7) is 3.26. The summed E-state index contributed by atoms with van der Waals surface area (Å²) in [4.78, 5) is 23.1. The molecule has 0 amide bonds. The van der Waals surface area contributed by atoms with E-state index in [1.165, 1.54) is 0 Å². The highest BCUT2D eigenvalue weighted by molar-refractivity contribution is 5.74. The molecule has 2 rings (SSSR count). The average Bonchev–Trinajstić information content (AvgIpc) is 2.67. The summed E-state index contributed by atoms with van der Waals surface area (Å²) >= 11 is 0. The predicted molar refractivity (Wildman–Crippen MR) is 94.1 cm³/mol. The van der Waals surface area contributed by atoms with Crippen LogP contribution in [0, 0.1) is 11.8 Å². The first-order chi connectivity index (χ1) is 12.4. The van der Waals surface area contributed by atoms with Crippen molar-refractivity contribution >= 4 is 11.9 Å². The van der Waals surface area contributed by atoms with Gasteiger partial charge >= 0.3 is 11.9 Å². The molecule has 2 fully saturated rings. The smallest absolute Gasteiger partial charge is 0.340 e. The van der Waals surface area contributed by atoms with Crippen LogP contribution in [0.1, 0.15) is 78.1 Å². The molecular formula is C20H32F2O4. The van der Waals surface area contributed by atoms with Crippen molar-refractivity contribution in [3.8, 4) is 0 Å². The van der Waals surface area contributed by atoms with Gasteiger partial charge in [0.1, 0.15) is 12.2 Å². The molecule has 0 heterocycles. The Morgan fingerprint density at radius 1 is 0.731 bits per heavy atom. The number of halogens is 2. The van der Waals surface area contributed by atoms with E-state index in [0.717, 1.165) is 51.4 Å². The number of carbonyl (C=O) groups excluding carboxylic acids is 2. The van der Waals surface area contributed by atoms with E-state index in [1.807, 2.05) is 0 Å². The maximum absolute atomic E-state index is 13.3. The second kappa shape index (κ2) is 10.2. The molecule has 0 N–H and O–H groups in total. The summed E-state index contributed by atoms with van der Waals surface area (Å²) in [5, 5.41) is 0. The molecule has 26 heavy (non-hydrogen) atoms. The van der Waals surface area contributed by atoms with Gasteiger partial charge in [0.05, 0.1) is 0 Å². The van der Waals surface area contributed by atoms with Gasteiger partial charge in [0.15, 0.2) is 12.3 Å². The molecule has 4 nitrogen and oxygen atoms in total. The fraction of sp³-hybridized carbons (Fsp3) is 0.900. The van der Waals surface area contributed by atoms with Crippen LogP contribution < -0.4 is 0 Å². The normalized spacial score (nSPS) is 31.7. The Balaban J connectivity index is 1.68. The minimum Gasteiger partial charge on any atom is -0.460 e. The Morgan fingerprint density at radius 3 is 1.31 bits per heavy atom. The largest absolute Gasteiger partial charge is 0.460 e. The van der Waals surface area contributed by atoms with Crippen LogP contribution in [0.25, 0.3) is 0 Å². The van der Waals surface area contributed by atoms with Crippen LogP contribution in [-0.2, 0) is 19.1 Å². The highest BCUT2D eigenvalue weighted by Crippen LogP contribution is 2.39. The summed E-state index contributed by atoms with van der Waals surface area (Å²) in [6, 6.07) is 0. The lowest BCUT2D eigenvalue weighted by molar-refractivity contribution is -0.159. The van der Waals surface area contributed by atoms with Crippen molar-refractivity contribution in [1.82, 2.24) is 0 Å². The molecule has 150 valence electrons. The van der Waals surface area contributed by atoms with Gasteiger partial charge in [-0.15, -0.1) is 0 Å². The summed E-state index contributed by atoms with van der Waals surface area (Å²) in [7, 11) is 0. The fourth-order valence-corrected chi connectivity index (χ4v) is 4.17. The van der Waals surface area contributed by atoms with Gasteiger partial charge in [-0.25, -0.2) is 18.4 Å². The highest BCUT2D eigenvalue weighted by atomic mass is 19.1. The number of ether oxygens (including phenoxy) is 2. The Bertz CT molecular complexity index is 413. The molecule has 2 atom stereocenters. The molecule has 0 aromatic heterocycles. The van der Waals surface area contributed by atoms with E-state index >= 15 is 0 Å². The first-order valence-corrected chi connectivity index (χ1v) is 10.1. The lowest BCUT2D eigenvalue weighted by Gasteiger charge is -2.37. The molecule has 2 aliphatic carbocycles. The van der Waals surface area contributed by atoms with E-state index in [2.05, 4.69) is 0 Å². The number of hydrogen-bond acceptors (Lipinski definition) is 4. The van der Waals surface area contributed by atoms with Crippen LogP contribution in [-0.4, -0.2) is 36.5 Å². The molecule has 0 bridgehead atoms. The molecule has 0 aromatic carbocycles. The van der Waals surface area contributed by atoms with Gasteiger partial charge in [0.25, 0.3) is 0 Å². The van der Waals surface area contributed by atoms with Crippen molar-refractivity contribution in [2.75, 3.05) is 0 Å². The molecule has 6 heteroatoms. The van der Waals surface area contributed by atoms with Gasteiger partial charge in [0, 0.05) is 0 Å². The minimum atomic E-state index is -1.51. The zero-order valence-electron chi connectivity index (χ0n) is 15.9. The molecule has 2 saturated carbocycles. The standard InChI is InChI=1S/C20H32F2O4/c1-3-17(21)19(23)25-15-9-5-13(6-10-15)14-7-11-16(12-8-14)26-20(24)18(22)4-2/h13-18H,3-12H2,1-2H3/t13?,14?,15?,16?,17-,18-/m1/s1. The van der Waals surface area contributed by atoms with Gasteiger partial charge in [-0.1, -0.05) is 13.8 Å². The molecule has 0 unspecified atom stereocenters. The van der Waals surface area contributed by atoms with Crippen LogP contribution in [0.3, 0.4) is 0 Å². The van der Waals surface area contributed by atoms with Gasteiger partial charge in [0.2, 0.25) is 0 Å². The summed E-state index contributed by atoms with van der Waals surface area (Å²) in [5.41, 5.74) is 0. The van der Waals surface area contributed by atoms with Crippen LogP contribution in [0.15, 0.2) is 0 Å². The predicted octanol–water partition coefficient (Wildman–Crippen LogP) is 4.69. The molecule has 0 aromatic rings. The lowest BCUT2D eigenvalue weighted by Crippen LogP contribution is -2.33. The van der Waals surface area contributed by atoms with Crippen molar-refractivity contribution in [1.29, 1.82) is 0 Å². The van der Waals surface area contributed by atoms with Gasteiger partial charge in [-0.2, -0.15) is 0 Å². The van der Waals surface area contributed by atoms with Crippen molar-refractivity contribution in [3.05, 3.63) is 0 Å². The maximum Gasteiger partial charge on any atom is 0.340 e. The monoisotopic (exact) mass is 374 g/mol. The van der Waals surface area contributed by atoms with Crippen LogP contribution in [0.5, 0.6) is 0 Å². The number of hydrogen-bond donors (Lipinski definition) is 0. The maximum atomic E-state index is 13.3. The second-order valence-corrected chi connectivity index (χ2v) is 7.70. The third-order valence-corrected chi connectivity index (χ3v) is 5.90. The zero-order chi connectivity index (χ0) is 19.1. The van der Waals surface area contributed by atoms with Gasteiger partial charge in [-0.3, -0.25) is 0 Å². The molecule has 0 saturated heterocycles. The molecule has 2 aliphatic rings. The first-order valence-electron chi connectivity index (χ1n) is 10.1. The number of alkyl halides is 2. The van der Waals surface area contributed by atoms with Crippen molar-refractivity contribution in [2.45, 2.75) is 103 Å². The van der Waals surface area contributed by atoms with E-state index in [9.17, 15) is 18.4 Å². The van der Waals surface area contributed by atoms with E-state index < -0.39 is 24.3 Å². The highest BCUT2D eigenvalue weighted by Gasteiger charge is 2.34. The Morgan fingerprint density at radius 2 is 1.04 bits per heavy atom. The fourth-order valence-electron chi connectivity index (χ4n) is 4.17. The van der Waals surface area contributed by atoms with Crippen LogP contribution in [0.4, 0.5) is 8.78 Å². The Hall–Kier alpha value is -1.20. The van der Waals surface area contributed by atoms with Crippen molar-refractivity contribution in [3.63, 3.8) is 0 Å². The van der Waals surface area contributed by atoms with Crippen molar-refractivity contribution < 1.29 is 27.8 Å². The Kier molecular flexibility index (Phi) is 8.29. The summed E-state index contributed by atoms with van der Waals surface area (Å²) < 4.78 is 37.2. The molecular weight excluding hydrogens is 342 g/mol. The van der Waals surface area contributed by atoms with E-state index in [4.69, 9.17) is 9.47 Å². The third-order valence-electron chi connectivity index (χ3n) is 5.90. The number of esters is 2. The van der Waals surface area contributed by atoms with E-state index in [0.29, 0.717) is 11.8 Å². The second-order valence-electron chi connectivity index (χ2n) is 7.70. The number of carbonyl (C=O) groups is 2. The quantitative estimate of drug-likeness (QED) is 0.607. The van der Waals surface area contributed by atoms with Gasteiger partial charge < -0.3 is 9.47 Å². The minimum absolute atomic E-state index is 0.156. The molecule has 0 spiro atoms. The Labute approximate surface area is 155 Å². The van der Waals surface area contributed by atoms with Crippen LogP contribution >= 0.6 is 0 Å². The van der Waals surface area contributed by atoms with Crippen LogP contribution in [0.2, 0.25) is 0 Å². The number of rotatable bonds is 7. The SMILES string of the molecule is CC[C@@H](F)C(=O)OC1CCC(C2CCC(OC(=O)[C@H](F)CC)CC2)CC1. The summed E-state index contributed by atoms with van der Waals surface area (Å²) in [5.74, 6) is -0.287. The first kappa shape index (κ1) is 21.1. The summed E-state index contributed by atoms with van der Waals surface area (Å²) in [6.07, 6.45) is 4.09. The molecule has 0 radical (unpaired) electrons. The third kappa shape index (κ3) is 5.92. The topological polar surface area (TPSA) is 52.6 Å². The zero-order valence-corrected chi connectivity index (χ0v) is 15.9. The van der Waals surface area contributed by atoms with E-state index in [1.54, 1.807) is 13.8 Å². The lowest BCUT2D eigenvalue weighted by atomic mass is 9.72. The van der Waals surface area contributed by atoms with Gasteiger partial charge in [-0.05, 0) is 76.0 Å².